The molecule has 112 valence electrons. The van der Waals surface area contributed by atoms with E-state index in [9.17, 15) is 9.59 Å². The van der Waals surface area contributed by atoms with E-state index in [0.717, 1.165) is 25.1 Å². The average molecular weight is 279 g/mol. The first kappa shape index (κ1) is 16.4. The van der Waals surface area contributed by atoms with E-state index < -0.39 is 0 Å². The zero-order valence-electron chi connectivity index (χ0n) is 12.8. The van der Waals surface area contributed by atoms with Gasteiger partial charge in [0.05, 0.1) is 0 Å². The van der Waals surface area contributed by atoms with E-state index in [4.69, 9.17) is 0 Å². The Kier molecular flexibility index (Phi) is 6.45. The first-order chi connectivity index (χ1) is 9.41. The lowest BCUT2D eigenvalue weighted by molar-refractivity contribution is 0.0951. The van der Waals surface area contributed by atoms with Crippen LogP contribution >= 0.6 is 0 Å². The molecule has 0 aromatic carbocycles. The largest absolute Gasteiger partial charge is 0.364 e. The van der Waals surface area contributed by atoms with Crippen LogP contribution in [-0.2, 0) is 0 Å². The quantitative estimate of drug-likeness (QED) is 0.744. The van der Waals surface area contributed by atoms with E-state index in [-0.39, 0.29) is 16.9 Å². The SMILES string of the molecule is Cc1cc(=O)c(C(=O)NCCCCN(C)C(C)C)c[nH]1. The van der Waals surface area contributed by atoms with Crippen molar-refractivity contribution in [3.63, 3.8) is 0 Å². The molecule has 20 heavy (non-hydrogen) atoms. The Hall–Kier alpha value is -1.62. The van der Waals surface area contributed by atoms with Gasteiger partial charge in [-0.1, -0.05) is 0 Å². The van der Waals surface area contributed by atoms with Gasteiger partial charge < -0.3 is 15.2 Å². The maximum absolute atomic E-state index is 11.8. The van der Waals surface area contributed by atoms with Gasteiger partial charge in [-0.05, 0) is 47.2 Å². The van der Waals surface area contributed by atoms with Gasteiger partial charge in [0.1, 0.15) is 5.56 Å². The highest BCUT2D eigenvalue weighted by atomic mass is 16.2. The van der Waals surface area contributed by atoms with Gasteiger partial charge in [0, 0.05) is 30.5 Å². The minimum Gasteiger partial charge on any atom is -0.364 e. The van der Waals surface area contributed by atoms with E-state index in [1.54, 1.807) is 6.92 Å². The fourth-order valence-corrected chi connectivity index (χ4v) is 1.79. The molecule has 0 spiro atoms. The van der Waals surface area contributed by atoms with E-state index in [1.807, 2.05) is 0 Å². The fourth-order valence-electron chi connectivity index (χ4n) is 1.79. The molecule has 5 nitrogen and oxygen atoms in total. The third-order valence-electron chi connectivity index (χ3n) is 3.41. The number of aromatic nitrogens is 1. The lowest BCUT2D eigenvalue weighted by Gasteiger charge is -2.20. The van der Waals surface area contributed by atoms with Crippen LogP contribution in [0, 0.1) is 6.92 Å². The minimum atomic E-state index is -0.302. The first-order valence-electron chi connectivity index (χ1n) is 7.09. The molecule has 0 saturated heterocycles. The van der Waals surface area contributed by atoms with Crippen LogP contribution in [0.4, 0.5) is 0 Å². The molecule has 0 aliphatic rings. The Morgan fingerprint density at radius 2 is 2.10 bits per heavy atom. The highest BCUT2D eigenvalue weighted by Crippen LogP contribution is 1.98. The molecular weight excluding hydrogens is 254 g/mol. The third-order valence-corrected chi connectivity index (χ3v) is 3.41. The van der Waals surface area contributed by atoms with E-state index >= 15 is 0 Å². The summed E-state index contributed by atoms with van der Waals surface area (Å²) in [5.74, 6) is -0.302. The van der Waals surface area contributed by atoms with Crippen LogP contribution in [0.3, 0.4) is 0 Å². The van der Waals surface area contributed by atoms with Crippen LogP contribution in [-0.4, -0.2) is 42.0 Å². The van der Waals surface area contributed by atoms with Crippen LogP contribution in [0.1, 0.15) is 42.7 Å². The average Bonchev–Trinajstić information content (AvgIpc) is 2.37. The number of nitrogens with zero attached hydrogens (tertiary/aromatic N) is 1. The van der Waals surface area contributed by atoms with Crippen LogP contribution in [0.5, 0.6) is 0 Å². The van der Waals surface area contributed by atoms with Crippen LogP contribution in [0.25, 0.3) is 0 Å². The number of amides is 1. The number of nitrogens with one attached hydrogen (secondary N) is 2. The highest BCUT2D eigenvalue weighted by molar-refractivity contribution is 5.93. The molecule has 1 amide bonds. The summed E-state index contributed by atoms with van der Waals surface area (Å²) in [5.41, 5.74) is 0.691. The van der Waals surface area contributed by atoms with E-state index in [2.05, 4.69) is 36.1 Å². The predicted octanol–water partition coefficient (Wildman–Crippen LogP) is 1.53. The summed E-state index contributed by atoms with van der Waals surface area (Å²) in [4.78, 5) is 28.6. The monoisotopic (exact) mass is 279 g/mol. The Labute approximate surface area is 120 Å². The first-order valence-corrected chi connectivity index (χ1v) is 7.09. The van der Waals surface area contributed by atoms with E-state index in [1.165, 1.54) is 12.3 Å². The summed E-state index contributed by atoms with van der Waals surface area (Å²) < 4.78 is 0. The molecule has 0 atom stereocenters. The molecule has 0 bridgehead atoms. The Morgan fingerprint density at radius 1 is 1.40 bits per heavy atom. The predicted molar refractivity (Wildman–Crippen MR) is 81.1 cm³/mol. The number of unbranched alkanes of at least 4 members (excludes halogenated alkanes) is 1. The van der Waals surface area contributed by atoms with Gasteiger partial charge >= 0.3 is 0 Å². The van der Waals surface area contributed by atoms with Crippen LogP contribution in [0.15, 0.2) is 17.1 Å². The molecule has 1 aromatic rings. The second-order valence-electron chi connectivity index (χ2n) is 5.43. The highest BCUT2D eigenvalue weighted by Gasteiger charge is 2.09. The summed E-state index contributed by atoms with van der Waals surface area (Å²) in [6, 6.07) is 1.97. The fraction of sp³-hybridized carbons (Fsp3) is 0.600. The van der Waals surface area contributed by atoms with Gasteiger partial charge in [-0.3, -0.25) is 9.59 Å². The standard InChI is InChI=1S/C15H25N3O2/c1-11(2)18(4)8-6-5-7-16-15(20)13-10-17-12(3)9-14(13)19/h9-11H,5-8H2,1-4H3,(H,16,20)(H,17,19). The van der Waals surface area contributed by atoms with Crippen molar-refractivity contribution in [2.75, 3.05) is 20.1 Å². The number of carbonyl (C=O) groups excluding carboxylic acids is 1. The number of hydrogen-bond acceptors (Lipinski definition) is 3. The number of hydrogen-bond donors (Lipinski definition) is 2. The van der Waals surface area contributed by atoms with Gasteiger partial charge in [0.15, 0.2) is 5.43 Å². The Balaban J connectivity index is 2.32. The molecule has 0 radical (unpaired) electrons. The molecular formula is C15H25N3O2. The number of rotatable bonds is 7. The minimum absolute atomic E-state index is 0.176. The van der Waals surface area contributed by atoms with Crippen molar-refractivity contribution < 1.29 is 4.79 Å². The van der Waals surface area contributed by atoms with Gasteiger partial charge in [-0.2, -0.15) is 0 Å². The van der Waals surface area contributed by atoms with Crippen molar-refractivity contribution in [2.24, 2.45) is 0 Å². The second kappa shape index (κ2) is 7.85. The smallest absolute Gasteiger partial charge is 0.256 e. The number of H-pyrrole nitrogens is 1. The van der Waals surface area contributed by atoms with Gasteiger partial charge in [0.25, 0.3) is 5.91 Å². The van der Waals surface area contributed by atoms with Crippen molar-refractivity contribution >= 4 is 5.91 Å². The molecule has 1 aromatic heterocycles. The summed E-state index contributed by atoms with van der Waals surface area (Å²) in [7, 11) is 2.09. The topological polar surface area (TPSA) is 65.2 Å². The number of carbonyl (C=O) groups is 1. The summed E-state index contributed by atoms with van der Waals surface area (Å²) >= 11 is 0. The van der Waals surface area contributed by atoms with Gasteiger partial charge in [0.2, 0.25) is 0 Å². The molecule has 1 heterocycles. The zero-order chi connectivity index (χ0) is 15.1. The van der Waals surface area contributed by atoms with Crippen molar-refractivity contribution in [3.05, 3.63) is 33.7 Å². The summed E-state index contributed by atoms with van der Waals surface area (Å²) in [6.07, 6.45) is 3.41. The lowest BCUT2D eigenvalue weighted by Crippen LogP contribution is -2.31. The van der Waals surface area contributed by atoms with E-state index in [0.29, 0.717) is 12.6 Å². The molecule has 2 N–H and O–H groups in total. The second-order valence-corrected chi connectivity index (χ2v) is 5.43. The molecule has 0 fully saturated rings. The Bertz CT molecular complexity index is 494. The van der Waals surface area contributed by atoms with Crippen molar-refractivity contribution in [2.45, 2.75) is 39.7 Å². The molecule has 0 aliphatic heterocycles. The molecule has 0 aliphatic carbocycles. The number of aryl methyl sites for hydroxylation is 1. The lowest BCUT2D eigenvalue weighted by atomic mass is 10.2. The Morgan fingerprint density at radius 3 is 2.70 bits per heavy atom. The van der Waals surface area contributed by atoms with Crippen molar-refractivity contribution in [3.8, 4) is 0 Å². The van der Waals surface area contributed by atoms with Crippen molar-refractivity contribution in [1.82, 2.24) is 15.2 Å². The van der Waals surface area contributed by atoms with Gasteiger partial charge in [-0.15, -0.1) is 0 Å². The molecule has 1 rings (SSSR count). The number of pyridine rings is 1. The molecule has 0 unspecified atom stereocenters. The normalized spacial score (nSPS) is 11.1. The molecule has 0 saturated carbocycles. The summed E-state index contributed by atoms with van der Waals surface area (Å²) in [5, 5.41) is 2.78. The van der Waals surface area contributed by atoms with Crippen LogP contribution < -0.4 is 10.7 Å². The van der Waals surface area contributed by atoms with Crippen LogP contribution in [0.2, 0.25) is 0 Å². The maximum Gasteiger partial charge on any atom is 0.256 e. The third kappa shape index (κ3) is 5.17. The van der Waals surface area contributed by atoms with Gasteiger partial charge in [-0.25, -0.2) is 0 Å². The van der Waals surface area contributed by atoms with Crippen molar-refractivity contribution in [1.29, 1.82) is 0 Å². The molecule has 5 heteroatoms. The maximum atomic E-state index is 11.8. The summed E-state index contributed by atoms with van der Waals surface area (Å²) in [6.45, 7) is 7.71. The zero-order valence-corrected chi connectivity index (χ0v) is 12.8. The number of aromatic amines is 1.